The molecule has 10 saturated carbocycles. The van der Waals surface area contributed by atoms with Gasteiger partial charge in [0.2, 0.25) is 5.91 Å². The highest BCUT2D eigenvalue weighted by Gasteiger charge is 2.74. The summed E-state index contributed by atoms with van der Waals surface area (Å²) in [5.41, 5.74) is 1.04. The largest absolute Gasteiger partial charge is 0.481 e. The molecule has 0 saturated heterocycles. The van der Waals surface area contributed by atoms with E-state index in [0.29, 0.717) is 72.6 Å². The van der Waals surface area contributed by atoms with Gasteiger partial charge in [0.25, 0.3) is 0 Å². The van der Waals surface area contributed by atoms with Crippen molar-refractivity contribution in [2.45, 2.75) is 329 Å². The molecular formula is C83H137NO13. The van der Waals surface area contributed by atoms with E-state index in [-0.39, 0.29) is 105 Å². The molecule has 22 atom stereocenters. The number of hydrogen-bond donors (Lipinski definition) is 6. The normalized spacial score (nSPS) is 41.8. The van der Waals surface area contributed by atoms with Crippen LogP contribution in [0.3, 0.4) is 0 Å². The Kier molecular flexibility index (Phi) is 23.2. The van der Waals surface area contributed by atoms with Crippen molar-refractivity contribution in [1.82, 2.24) is 5.32 Å². The van der Waals surface area contributed by atoms with Crippen LogP contribution in [0.5, 0.6) is 0 Å². The van der Waals surface area contributed by atoms with Crippen LogP contribution in [0.4, 0.5) is 0 Å². The number of aliphatic hydroxyl groups excluding tert-OH is 2. The quantitative estimate of drug-likeness (QED) is 0.0337. The van der Waals surface area contributed by atoms with Crippen LogP contribution in [0.1, 0.15) is 304 Å². The molecule has 0 bridgehead atoms. The van der Waals surface area contributed by atoms with Crippen LogP contribution < -0.4 is 5.32 Å². The van der Waals surface area contributed by atoms with Crippen LogP contribution in [0.2, 0.25) is 0 Å². The van der Waals surface area contributed by atoms with Gasteiger partial charge in [0.05, 0.1) is 35.2 Å². The van der Waals surface area contributed by atoms with Crippen LogP contribution in [-0.2, 0) is 38.2 Å². The Hall–Kier alpha value is -3.78. The Bertz CT molecular complexity index is 2930. The Morgan fingerprint density at radius 2 is 1.04 bits per heavy atom. The van der Waals surface area contributed by atoms with E-state index in [1.165, 1.54) is 31.3 Å². The number of aliphatic hydroxyl groups is 2. The highest BCUT2D eigenvalue weighted by molar-refractivity contribution is 5.84. The third-order valence-electron chi connectivity index (χ3n) is 32.0. The van der Waals surface area contributed by atoms with Gasteiger partial charge in [-0.15, -0.1) is 0 Å². The molecule has 14 nitrogen and oxygen atoms in total. The zero-order chi connectivity index (χ0) is 71.1. The van der Waals surface area contributed by atoms with Gasteiger partial charge in [0.1, 0.15) is 18.3 Å². The first kappa shape index (κ1) is 78.9. The van der Waals surface area contributed by atoms with Crippen molar-refractivity contribution < 1.29 is 63.8 Å². The molecule has 0 radical (unpaired) electrons. The Morgan fingerprint density at radius 3 is 1.55 bits per heavy atom. The van der Waals surface area contributed by atoms with Crippen molar-refractivity contribution in [1.29, 1.82) is 0 Å². The van der Waals surface area contributed by atoms with E-state index in [1.54, 1.807) is 13.8 Å². The third-order valence-corrected chi connectivity index (χ3v) is 32.0. The van der Waals surface area contributed by atoms with Gasteiger partial charge in [-0.3, -0.25) is 28.8 Å². The molecule has 552 valence electrons. The Balaban J connectivity index is 0.000000253. The van der Waals surface area contributed by atoms with Crippen LogP contribution in [0.25, 0.3) is 0 Å². The van der Waals surface area contributed by atoms with Crippen molar-refractivity contribution in [2.75, 3.05) is 6.54 Å². The first-order valence-corrected chi connectivity index (χ1v) is 38.5. The van der Waals surface area contributed by atoms with Gasteiger partial charge in [-0.2, -0.15) is 0 Å². The third kappa shape index (κ3) is 13.5. The molecule has 10 aliphatic carbocycles. The van der Waals surface area contributed by atoms with Crippen LogP contribution in [0.15, 0.2) is 24.3 Å². The monoisotopic (exact) mass is 1360 g/mol. The molecule has 0 aliphatic heterocycles. The van der Waals surface area contributed by atoms with Gasteiger partial charge >= 0.3 is 29.8 Å². The molecule has 10 aliphatic rings. The number of rotatable bonds is 22. The standard InChI is InChI=1S/C46H77NO7.C36H56O6.CH4/c1-29(2)27-34(33(48)28-38(50)51)54-39(52)15-13-11-10-12-14-26-47-41(53)46-23-18-31(30(3)4)40(46)32-16-17-36-43(7)21-20-37(49)42(5,6)35(43)19-22-45(36,9)44(32,8)24-25-46;1-21(2)22-12-17-36(30(40)41)19-18-34(8)23(28(22)36)10-11-25-33(7)15-14-26(42-27(37)20-31(3,4)29(38)39)32(5,6)24(33)13-16-35(25,34)9;/h29,31-37,40,48-49H,3,10-28H2,1-2,4-9H3,(H,47,53)(H,50,51);22-26,28H,1,10-20H2,2-9H3,(H,38,39)(H,40,41);1H4/t31-,32+,33-,34?,35-,36?,37-,40+,43-,44+,45+,46?;22-,23+,24-,25?,26?,28+,33-,34+,35+,36?;/m00./s1. The van der Waals surface area contributed by atoms with E-state index in [2.05, 4.69) is 102 Å². The minimum Gasteiger partial charge on any atom is -0.481 e. The van der Waals surface area contributed by atoms with Gasteiger partial charge in [-0.05, 0) is 278 Å². The molecule has 1 amide bonds. The first-order valence-electron chi connectivity index (χ1n) is 38.5. The lowest BCUT2D eigenvalue weighted by Crippen LogP contribution is -2.67. The molecular weight excluding hydrogens is 1220 g/mol. The lowest BCUT2D eigenvalue weighted by Gasteiger charge is -2.72. The summed E-state index contributed by atoms with van der Waals surface area (Å²) in [6.45, 7) is 45.5. The lowest BCUT2D eigenvalue weighted by molar-refractivity contribution is -0.250. The number of carboxylic acids is 3. The van der Waals surface area contributed by atoms with E-state index in [4.69, 9.17) is 14.6 Å². The molecule has 14 heteroatoms. The number of carboxylic acid groups (broad SMARTS) is 3. The van der Waals surface area contributed by atoms with Crippen LogP contribution in [-0.4, -0.2) is 92.2 Å². The topological polar surface area (TPSA) is 234 Å². The van der Waals surface area contributed by atoms with Crippen molar-refractivity contribution in [3.05, 3.63) is 24.3 Å². The van der Waals surface area contributed by atoms with Crippen LogP contribution >= 0.6 is 0 Å². The summed E-state index contributed by atoms with van der Waals surface area (Å²) in [7, 11) is 0. The average Bonchev–Trinajstić information content (AvgIpc) is 1.68. The molecule has 10 fully saturated rings. The summed E-state index contributed by atoms with van der Waals surface area (Å²) < 4.78 is 11.6. The molecule has 0 spiro atoms. The molecule has 0 aromatic heterocycles. The molecule has 97 heavy (non-hydrogen) atoms. The second-order valence-electron chi connectivity index (χ2n) is 38.2. The van der Waals surface area contributed by atoms with Gasteiger partial charge in [-0.1, -0.05) is 134 Å². The second kappa shape index (κ2) is 28.5. The van der Waals surface area contributed by atoms with Crippen molar-refractivity contribution >= 4 is 35.8 Å². The van der Waals surface area contributed by atoms with Crippen molar-refractivity contribution in [2.24, 2.45) is 125 Å². The first-order chi connectivity index (χ1) is 44.5. The zero-order valence-electron chi connectivity index (χ0n) is 62.8. The van der Waals surface area contributed by atoms with Crippen molar-refractivity contribution in [3.8, 4) is 0 Å². The number of ether oxygens (including phenoxy) is 2. The smallest absolute Gasteiger partial charge is 0.309 e. The number of unbranched alkanes of at least 4 members (excludes halogenated alkanes) is 4. The van der Waals surface area contributed by atoms with E-state index in [0.717, 1.165) is 134 Å². The number of hydrogen-bond acceptors (Lipinski definition) is 10. The predicted molar refractivity (Wildman–Crippen MR) is 383 cm³/mol. The van der Waals surface area contributed by atoms with Gasteiger partial charge < -0.3 is 40.3 Å². The Labute approximate surface area is 586 Å². The molecule has 0 aromatic carbocycles. The predicted octanol–water partition coefficient (Wildman–Crippen LogP) is 18.0. The second-order valence-corrected chi connectivity index (χ2v) is 38.2. The number of allylic oxidation sites excluding steroid dienone is 2. The van der Waals surface area contributed by atoms with E-state index in [9.17, 15) is 49.2 Å². The zero-order valence-corrected chi connectivity index (χ0v) is 62.8. The molecule has 0 aromatic rings. The summed E-state index contributed by atoms with van der Waals surface area (Å²) in [5.74, 6) is 1.21. The number of aliphatic carboxylic acids is 3. The molecule has 0 heterocycles. The summed E-state index contributed by atoms with van der Waals surface area (Å²) in [6, 6.07) is 0. The highest BCUT2D eigenvalue weighted by Crippen LogP contribution is 2.80. The summed E-state index contributed by atoms with van der Waals surface area (Å²) in [6.07, 6.45) is 22.8. The van der Waals surface area contributed by atoms with Gasteiger partial charge in [-0.25, -0.2) is 0 Å². The number of esters is 2. The number of nitrogens with one attached hydrogen (secondary N) is 1. The maximum Gasteiger partial charge on any atom is 0.309 e. The fraction of sp³-hybridized carbons (Fsp3) is 0.880. The van der Waals surface area contributed by atoms with E-state index >= 15 is 0 Å². The highest BCUT2D eigenvalue weighted by atomic mass is 16.6. The molecule has 6 N–H and O–H groups in total. The van der Waals surface area contributed by atoms with Gasteiger partial charge in [0, 0.05) is 18.4 Å². The minimum atomic E-state index is -1.21. The number of amides is 1. The number of carbonyl (C=O) groups is 6. The molecule has 6 unspecified atom stereocenters. The summed E-state index contributed by atoms with van der Waals surface area (Å²) in [4.78, 5) is 75.5. The molecule has 10 rings (SSSR count). The lowest BCUT2D eigenvalue weighted by atomic mass is 9.32. The minimum absolute atomic E-state index is 0. The fourth-order valence-corrected chi connectivity index (χ4v) is 26.4. The van der Waals surface area contributed by atoms with E-state index in [1.807, 2.05) is 13.8 Å². The summed E-state index contributed by atoms with van der Waals surface area (Å²) in [5, 5.41) is 54.0. The van der Waals surface area contributed by atoms with E-state index < -0.39 is 53.3 Å². The van der Waals surface area contributed by atoms with Crippen molar-refractivity contribution in [3.63, 3.8) is 0 Å². The Morgan fingerprint density at radius 1 is 0.557 bits per heavy atom. The number of fused-ring (bicyclic) bond motifs is 14. The maximum absolute atomic E-state index is 14.5. The van der Waals surface area contributed by atoms with Gasteiger partial charge in [0.15, 0.2) is 0 Å². The number of carbonyl (C=O) groups excluding carboxylic acids is 3. The maximum atomic E-state index is 14.5. The fourth-order valence-electron chi connectivity index (χ4n) is 26.4. The SMILES string of the molecule is C.C=C(C)[C@@H]1CCC2(C(=O)NCCCCCCCC(=O)OC(CC(C)C)[C@@H](O)CC(=O)O)CC[C@]3(C)[C@H](CCC4[C@@]5(C)CC[C@H](O)C(C)(C)[C@@H]5CC[C@]43C)[C@@H]12.C=C(C)[C@@H]1CCC2(C(=O)O)CC[C@]3(C)[C@H](CCC4[C@@]5(C)CCC(OC(=O)CC(C)(C)C(=O)O)C(C)(C)[C@@H]5CC[C@]43C)[C@@H]12. The average molecular weight is 1360 g/mol. The van der Waals surface area contributed by atoms with Crippen LogP contribution in [0, 0.1) is 125 Å². The summed E-state index contributed by atoms with van der Waals surface area (Å²) >= 11 is 0.